The van der Waals surface area contributed by atoms with Crippen LogP contribution in [0.3, 0.4) is 0 Å². The van der Waals surface area contributed by atoms with E-state index in [1.54, 1.807) is 24.3 Å². The van der Waals surface area contributed by atoms with Crippen molar-refractivity contribution < 1.29 is 9.84 Å². The predicted molar refractivity (Wildman–Crippen MR) is 76.6 cm³/mol. The largest absolute Gasteiger partial charge is 0.508 e. The number of phenolic OH excluding ortho intramolecular Hbond substituents is 1. The Morgan fingerprint density at radius 1 is 1.05 bits per heavy atom. The second kappa shape index (κ2) is 6.25. The molecule has 3 heteroatoms. The molecule has 0 aliphatic carbocycles. The average Bonchev–Trinajstić information content (AvgIpc) is 2.40. The summed E-state index contributed by atoms with van der Waals surface area (Å²) in [6.07, 6.45) is 0. The molecule has 0 aromatic heterocycles. The molecule has 0 saturated carbocycles. The number of benzene rings is 2. The van der Waals surface area contributed by atoms with Gasteiger partial charge in [0.15, 0.2) is 0 Å². The van der Waals surface area contributed by atoms with Crippen LogP contribution in [0.5, 0.6) is 17.2 Å². The molecule has 19 heavy (non-hydrogen) atoms. The van der Waals surface area contributed by atoms with Gasteiger partial charge < -0.3 is 15.2 Å². The number of hydrogen-bond donors (Lipinski definition) is 2. The molecule has 0 spiro atoms. The molecule has 0 fully saturated rings. The Labute approximate surface area is 113 Å². The van der Waals surface area contributed by atoms with E-state index in [1.165, 1.54) is 5.56 Å². The fourth-order valence-corrected chi connectivity index (χ4v) is 1.69. The predicted octanol–water partition coefficient (Wildman–Crippen LogP) is 3.68. The first-order valence-electron chi connectivity index (χ1n) is 6.43. The summed E-state index contributed by atoms with van der Waals surface area (Å²) in [4.78, 5) is 0. The van der Waals surface area contributed by atoms with Crippen molar-refractivity contribution in [2.24, 2.45) is 0 Å². The number of nitrogens with one attached hydrogen (secondary N) is 1. The van der Waals surface area contributed by atoms with E-state index < -0.39 is 0 Å². The maximum atomic E-state index is 9.22. The van der Waals surface area contributed by atoms with Crippen molar-refractivity contribution in [1.29, 1.82) is 0 Å². The van der Waals surface area contributed by atoms with Crippen LogP contribution >= 0.6 is 0 Å². The number of aromatic hydroxyl groups is 1. The zero-order valence-corrected chi connectivity index (χ0v) is 11.3. The maximum absolute atomic E-state index is 9.22. The molecule has 0 atom stereocenters. The molecule has 2 rings (SSSR count). The summed E-state index contributed by atoms with van der Waals surface area (Å²) in [5, 5.41) is 12.6. The summed E-state index contributed by atoms with van der Waals surface area (Å²) in [6.45, 7) is 5.07. The fourth-order valence-electron chi connectivity index (χ4n) is 1.69. The van der Waals surface area contributed by atoms with E-state index in [2.05, 4.69) is 25.2 Å². The molecule has 0 aliphatic heterocycles. The van der Waals surface area contributed by atoms with Gasteiger partial charge >= 0.3 is 0 Å². The zero-order chi connectivity index (χ0) is 13.7. The van der Waals surface area contributed by atoms with Crippen LogP contribution in [0.15, 0.2) is 48.5 Å². The van der Waals surface area contributed by atoms with Crippen molar-refractivity contribution in [3.05, 3.63) is 54.1 Å². The van der Waals surface area contributed by atoms with E-state index in [-0.39, 0.29) is 5.75 Å². The van der Waals surface area contributed by atoms with Crippen molar-refractivity contribution in [1.82, 2.24) is 5.32 Å². The van der Waals surface area contributed by atoms with Crippen LogP contribution in [-0.4, -0.2) is 11.1 Å². The van der Waals surface area contributed by atoms with Crippen molar-refractivity contribution >= 4 is 0 Å². The van der Waals surface area contributed by atoms with Crippen LogP contribution in [0.25, 0.3) is 0 Å². The quantitative estimate of drug-likeness (QED) is 0.858. The minimum Gasteiger partial charge on any atom is -0.508 e. The van der Waals surface area contributed by atoms with Crippen LogP contribution in [0.1, 0.15) is 19.4 Å². The number of rotatable bonds is 5. The Balaban J connectivity index is 2.04. The number of hydrogen-bond acceptors (Lipinski definition) is 3. The third kappa shape index (κ3) is 4.30. The summed E-state index contributed by atoms with van der Waals surface area (Å²) >= 11 is 0. The molecule has 3 nitrogen and oxygen atoms in total. The summed E-state index contributed by atoms with van der Waals surface area (Å²) < 4.78 is 5.74. The van der Waals surface area contributed by atoms with Gasteiger partial charge in [-0.3, -0.25) is 0 Å². The lowest BCUT2D eigenvalue weighted by atomic mass is 10.2. The Bertz CT molecular complexity index is 521. The fraction of sp³-hybridized carbons (Fsp3) is 0.250. The lowest BCUT2D eigenvalue weighted by molar-refractivity contribution is 0.464. The topological polar surface area (TPSA) is 41.5 Å². The van der Waals surface area contributed by atoms with Crippen LogP contribution in [0.4, 0.5) is 0 Å². The highest BCUT2D eigenvalue weighted by Crippen LogP contribution is 2.24. The van der Waals surface area contributed by atoms with E-state index in [9.17, 15) is 5.11 Å². The highest BCUT2D eigenvalue weighted by molar-refractivity contribution is 5.36. The van der Waals surface area contributed by atoms with Crippen LogP contribution in [0, 0.1) is 0 Å². The number of ether oxygens (including phenoxy) is 1. The van der Waals surface area contributed by atoms with Crippen LogP contribution in [0.2, 0.25) is 0 Å². The molecule has 0 heterocycles. The minimum absolute atomic E-state index is 0.238. The normalized spacial score (nSPS) is 10.7. The smallest absolute Gasteiger partial charge is 0.127 e. The van der Waals surface area contributed by atoms with Gasteiger partial charge in [-0.25, -0.2) is 0 Å². The van der Waals surface area contributed by atoms with Crippen molar-refractivity contribution in [2.75, 3.05) is 0 Å². The molecule has 2 aromatic rings. The molecule has 0 bridgehead atoms. The van der Waals surface area contributed by atoms with Gasteiger partial charge in [0.2, 0.25) is 0 Å². The van der Waals surface area contributed by atoms with E-state index in [0.717, 1.165) is 12.3 Å². The van der Waals surface area contributed by atoms with Gasteiger partial charge in [-0.1, -0.05) is 26.0 Å². The summed E-state index contributed by atoms with van der Waals surface area (Å²) in [5.41, 5.74) is 1.19. The first-order chi connectivity index (χ1) is 9.13. The lowest BCUT2D eigenvalue weighted by Crippen LogP contribution is -2.21. The third-order valence-corrected chi connectivity index (χ3v) is 2.69. The monoisotopic (exact) mass is 257 g/mol. The molecular formula is C16H19NO2. The van der Waals surface area contributed by atoms with Crippen molar-refractivity contribution in [3.8, 4) is 17.2 Å². The molecular weight excluding hydrogens is 238 g/mol. The SMILES string of the molecule is CC(C)NCc1cccc(Oc2ccc(O)cc2)c1. The first kappa shape index (κ1) is 13.4. The Morgan fingerprint density at radius 3 is 2.47 bits per heavy atom. The molecule has 2 aromatic carbocycles. The second-order valence-corrected chi connectivity index (χ2v) is 4.78. The Morgan fingerprint density at radius 2 is 1.79 bits per heavy atom. The van der Waals surface area contributed by atoms with Crippen LogP contribution in [-0.2, 0) is 6.54 Å². The molecule has 0 radical (unpaired) electrons. The van der Waals surface area contributed by atoms with Crippen molar-refractivity contribution in [3.63, 3.8) is 0 Å². The molecule has 0 saturated heterocycles. The van der Waals surface area contributed by atoms with Gasteiger partial charge in [-0.2, -0.15) is 0 Å². The summed E-state index contributed by atoms with van der Waals surface area (Å²) in [5.74, 6) is 1.75. The van der Waals surface area contributed by atoms with Gasteiger partial charge in [-0.15, -0.1) is 0 Å². The highest BCUT2D eigenvalue weighted by atomic mass is 16.5. The van der Waals surface area contributed by atoms with Crippen LogP contribution < -0.4 is 10.1 Å². The van der Waals surface area contributed by atoms with Gasteiger partial charge in [0.05, 0.1) is 0 Å². The summed E-state index contributed by atoms with van der Waals surface area (Å²) in [7, 11) is 0. The number of phenols is 1. The Kier molecular flexibility index (Phi) is 4.42. The van der Waals surface area contributed by atoms with E-state index in [4.69, 9.17) is 4.74 Å². The molecule has 0 unspecified atom stereocenters. The van der Waals surface area contributed by atoms with Gasteiger partial charge in [-0.05, 0) is 42.0 Å². The average molecular weight is 257 g/mol. The molecule has 0 amide bonds. The lowest BCUT2D eigenvalue weighted by Gasteiger charge is -2.10. The Hall–Kier alpha value is -2.00. The van der Waals surface area contributed by atoms with Crippen molar-refractivity contribution in [2.45, 2.75) is 26.4 Å². The van der Waals surface area contributed by atoms with Gasteiger partial charge in [0.25, 0.3) is 0 Å². The molecule has 100 valence electrons. The van der Waals surface area contributed by atoms with E-state index in [1.807, 2.05) is 18.2 Å². The van der Waals surface area contributed by atoms with E-state index in [0.29, 0.717) is 11.8 Å². The summed E-state index contributed by atoms with van der Waals surface area (Å²) in [6, 6.07) is 15.2. The third-order valence-electron chi connectivity index (χ3n) is 2.69. The maximum Gasteiger partial charge on any atom is 0.127 e. The zero-order valence-electron chi connectivity index (χ0n) is 11.3. The van der Waals surface area contributed by atoms with Gasteiger partial charge in [0, 0.05) is 12.6 Å². The molecule has 0 aliphatic rings. The van der Waals surface area contributed by atoms with Gasteiger partial charge in [0.1, 0.15) is 17.2 Å². The minimum atomic E-state index is 0.238. The highest BCUT2D eigenvalue weighted by Gasteiger charge is 2.00. The standard InChI is InChI=1S/C16H19NO2/c1-12(2)17-11-13-4-3-5-16(10-13)19-15-8-6-14(18)7-9-15/h3-10,12,17-18H,11H2,1-2H3. The second-order valence-electron chi connectivity index (χ2n) is 4.78. The first-order valence-corrected chi connectivity index (χ1v) is 6.43. The van der Waals surface area contributed by atoms with E-state index >= 15 is 0 Å². The molecule has 2 N–H and O–H groups in total.